The van der Waals surface area contributed by atoms with E-state index in [1.807, 2.05) is 12.1 Å². The SMILES string of the molecule is C#Cc1cc(Cl)cc2nc(Cc3cc(C(C)(C)C)c(O)c(C(C)(C)C)c3)oc12. The lowest BCUT2D eigenvalue weighted by Crippen LogP contribution is -2.18. The highest BCUT2D eigenvalue weighted by Crippen LogP contribution is 2.40. The molecule has 1 heterocycles. The summed E-state index contributed by atoms with van der Waals surface area (Å²) in [5.41, 5.74) is 4.31. The van der Waals surface area contributed by atoms with Crippen molar-refractivity contribution in [1.82, 2.24) is 4.98 Å². The molecular formula is C24H26ClNO2. The summed E-state index contributed by atoms with van der Waals surface area (Å²) in [6, 6.07) is 7.53. The fourth-order valence-corrected chi connectivity index (χ4v) is 3.55. The number of aromatic hydroxyl groups is 1. The standard InChI is InChI=1S/C24H26ClNO2/c1-8-15-12-16(25)13-19-22(15)28-20(26-19)11-14-9-17(23(2,3)4)21(27)18(10-14)24(5,6)7/h1,9-10,12-13,27H,11H2,2-7H3. The Morgan fingerprint density at radius 1 is 1.04 bits per heavy atom. The molecule has 3 aromatic rings. The molecule has 0 radical (unpaired) electrons. The van der Waals surface area contributed by atoms with Crippen molar-refractivity contribution in [3.8, 4) is 18.1 Å². The van der Waals surface area contributed by atoms with Gasteiger partial charge in [-0.15, -0.1) is 6.42 Å². The van der Waals surface area contributed by atoms with Gasteiger partial charge < -0.3 is 9.52 Å². The van der Waals surface area contributed by atoms with Crippen LogP contribution in [0.1, 0.15) is 69.7 Å². The second-order valence-electron chi connectivity index (χ2n) is 9.27. The van der Waals surface area contributed by atoms with Crippen molar-refractivity contribution in [2.75, 3.05) is 0 Å². The molecule has 0 unspecified atom stereocenters. The molecule has 0 bridgehead atoms. The molecule has 0 atom stereocenters. The zero-order chi connectivity index (χ0) is 20.9. The number of fused-ring (bicyclic) bond motifs is 1. The first-order valence-corrected chi connectivity index (χ1v) is 9.70. The molecule has 28 heavy (non-hydrogen) atoms. The maximum atomic E-state index is 10.9. The topological polar surface area (TPSA) is 46.3 Å². The lowest BCUT2D eigenvalue weighted by atomic mass is 9.78. The first-order valence-electron chi connectivity index (χ1n) is 9.32. The fraction of sp³-hybridized carbons (Fsp3) is 0.375. The first kappa shape index (κ1) is 20.3. The smallest absolute Gasteiger partial charge is 0.199 e. The maximum Gasteiger partial charge on any atom is 0.199 e. The molecule has 0 aliphatic carbocycles. The van der Waals surface area contributed by atoms with E-state index >= 15 is 0 Å². The average Bonchev–Trinajstić information content (AvgIpc) is 2.95. The van der Waals surface area contributed by atoms with Gasteiger partial charge in [-0.1, -0.05) is 71.2 Å². The number of terminal acetylenes is 1. The Hall–Kier alpha value is -2.44. The van der Waals surface area contributed by atoms with Crippen molar-refractivity contribution < 1.29 is 9.52 Å². The van der Waals surface area contributed by atoms with E-state index in [4.69, 9.17) is 22.4 Å². The number of oxazole rings is 1. The molecule has 1 aromatic heterocycles. The van der Waals surface area contributed by atoms with E-state index in [0.717, 1.165) is 16.7 Å². The Kier molecular flexibility index (Phi) is 4.98. The summed E-state index contributed by atoms with van der Waals surface area (Å²) in [6.07, 6.45) is 6.08. The summed E-state index contributed by atoms with van der Waals surface area (Å²) in [5.74, 6) is 3.53. The Labute approximate surface area is 171 Å². The van der Waals surface area contributed by atoms with Crippen LogP contribution in [0.4, 0.5) is 0 Å². The van der Waals surface area contributed by atoms with Gasteiger partial charge in [0.25, 0.3) is 0 Å². The molecule has 1 N–H and O–H groups in total. The average molecular weight is 396 g/mol. The molecular weight excluding hydrogens is 370 g/mol. The van der Waals surface area contributed by atoms with Gasteiger partial charge in [-0.2, -0.15) is 0 Å². The van der Waals surface area contributed by atoms with Crippen molar-refractivity contribution in [2.24, 2.45) is 0 Å². The predicted molar refractivity (Wildman–Crippen MR) is 115 cm³/mol. The van der Waals surface area contributed by atoms with Crippen LogP contribution in [-0.4, -0.2) is 10.1 Å². The molecule has 0 aliphatic heterocycles. The van der Waals surface area contributed by atoms with Crippen LogP contribution in [0.15, 0.2) is 28.7 Å². The quantitative estimate of drug-likeness (QED) is 0.514. The molecule has 2 aromatic carbocycles. The van der Waals surface area contributed by atoms with Crippen LogP contribution in [-0.2, 0) is 17.3 Å². The third kappa shape index (κ3) is 3.88. The minimum atomic E-state index is -0.189. The minimum Gasteiger partial charge on any atom is -0.507 e. The highest BCUT2D eigenvalue weighted by molar-refractivity contribution is 6.31. The maximum absolute atomic E-state index is 10.9. The molecule has 3 rings (SSSR count). The Morgan fingerprint density at radius 2 is 1.61 bits per heavy atom. The molecule has 0 amide bonds. The van der Waals surface area contributed by atoms with Crippen molar-refractivity contribution in [3.05, 3.63) is 57.4 Å². The molecule has 4 heteroatoms. The first-order chi connectivity index (χ1) is 12.9. The van der Waals surface area contributed by atoms with Crippen molar-refractivity contribution >= 4 is 22.7 Å². The van der Waals surface area contributed by atoms with Gasteiger partial charge in [0, 0.05) is 11.4 Å². The molecule has 0 saturated heterocycles. The summed E-state index contributed by atoms with van der Waals surface area (Å²) in [6.45, 7) is 12.6. The van der Waals surface area contributed by atoms with E-state index in [1.54, 1.807) is 12.1 Å². The lowest BCUT2D eigenvalue weighted by Gasteiger charge is -2.28. The van der Waals surface area contributed by atoms with Gasteiger partial charge >= 0.3 is 0 Å². The van der Waals surface area contributed by atoms with Crippen LogP contribution in [0.2, 0.25) is 5.02 Å². The van der Waals surface area contributed by atoms with E-state index in [-0.39, 0.29) is 10.8 Å². The van der Waals surface area contributed by atoms with Crippen LogP contribution in [0.5, 0.6) is 5.75 Å². The number of halogens is 1. The highest BCUT2D eigenvalue weighted by atomic mass is 35.5. The molecule has 0 spiro atoms. The second kappa shape index (κ2) is 6.87. The summed E-state index contributed by atoms with van der Waals surface area (Å²) in [4.78, 5) is 4.57. The number of aromatic nitrogens is 1. The van der Waals surface area contributed by atoms with E-state index in [2.05, 4.69) is 52.4 Å². The van der Waals surface area contributed by atoms with Crippen LogP contribution < -0.4 is 0 Å². The summed E-state index contributed by atoms with van der Waals surface area (Å²) < 4.78 is 5.96. The van der Waals surface area contributed by atoms with Gasteiger partial charge in [-0.3, -0.25) is 0 Å². The Bertz CT molecular complexity index is 1050. The van der Waals surface area contributed by atoms with Crippen molar-refractivity contribution in [1.29, 1.82) is 0 Å². The normalized spacial score (nSPS) is 12.4. The van der Waals surface area contributed by atoms with Gasteiger partial charge in [-0.25, -0.2) is 4.98 Å². The zero-order valence-corrected chi connectivity index (χ0v) is 18.0. The number of phenols is 1. The molecule has 146 valence electrons. The molecule has 0 saturated carbocycles. The summed E-state index contributed by atoms with van der Waals surface area (Å²) in [7, 11) is 0. The van der Waals surface area contributed by atoms with Crippen LogP contribution in [0, 0.1) is 12.3 Å². The van der Waals surface area contributed by atoms with Gasteiger partial charge in [0.1, 0.15) is 11.3 Å². The van der Waals surface area contributed by atoms with Crippen molar-refractivity contribution in [3.63, 3.8) is 0 Å². The van der Waals surface area contributed by atoms with Gasteiger partial charge in [0.05, 0.1) is 5.56 Å². The number of phenolic OH excluding ortho intramolecular Hbond substituents is 1. The molecule has 0 fully saturated rings. The zero-order valence-electron chi connectivity index (χ0n) is 17.3. The molecule has 0 aliphatic rings. The number of hydrogen-bond acceptors (Lipinski definition) is 3. The highest BCUT2D eigenvalue weighted by Gasteiger charge is 2.27. The second-order valence-corrected chi connectivity index (χ2v) is 9.71. The van der Waals surface area contributed by atoms with E-state index in [1.165, 1.54) is 0 Å². The van der Waals surface area contributed by atoms with Crippen molar-refractivity contribution in [2.45, 2.75) is 58.8 Å². The predicted octanol–water partition coefficient (Wildman–Crippen LogP) is 6.35. The van der Waals surface area contributed by atoms with Gasteiger partial charge in [0.2, 0.25) is 0 Å². The Morgan fingerprint density at radius 3 is 2.11 bits per heavy atom. The molecule has 3 nitrogen and oxygen atoms in total. The van der Waals surface area contributed by atoms with Gasteiger partial charge in [0.15, 0.2) is 11.5 Å². The number of benzene rings is 2. The monoisotopic (exact) mass is 395 g/mol. The minimum absolute atomic E-state index is 0.189. The van der Waals surface area contributed by atoms with Crippen LogP contribution in [0.3, 0.4) is 0 Å². The third-order valence-corrected chi connectivity index (χ3v) is 5.01. The Balaban J connectivity index is 2.12. The van der Waals surface area contributed by atoms with E-state index in [9.17, 15) is 5.11 Å². The van der Waals surface area contributed by atoms with Crippen LogP contribution in [0.25, 0.3) is 11.1 Å². The third-order valence-electron chi connectivity index (χ3n) is 4.80. The number of rotatable bonds is 2. The van der Waals surface area contributed by atoms with Gasteiger partial charge in [-0.05, 0) is 39.7 Å². The lowest BCUT2D eigenvalue weighted by molar-refractivity contribution is 0.422. The summed E-state index contributed by atoms with van der Waals surface area (Å²) >= 11 is 6.13. The number of hydrogen-bond donors (Lipinski definition) is 1. The summed E-state index contributed by atoms with van der Waals surface area (Å²) in [5, 5.41) is 11.4. The largest absolute Gasteiger partial charge is 0.507 e. The van der Waals surface area contributed by atoms with Crippen LogP contribution >= 0.6 is 11.6 Å². The fourth-order valence-electron chi connectivity index (χ4n) is 3.34. The van der Waals surface area contributed by atoms with E-state index < -0.39 is 0 Å². The number of nitrogens with zero attached hydrogens (tertiary/aromatic N) is 1. The van der Waals surface area contributed by atoms with E-state index in [0.29, 0.717) is 39.7 Å².